The van der Waals surface area contributed by atoms with Crippen molar-refractivity contribution < 1.29 is 0 Å². The maximum absolute atomic E-state index is 5.29. The average molecular weight is 448 g/mol. The molecule has 0 amide bonds. The first kappa shape index (κ1) is 23.1. The third-order valence-corrected chi connectivity index (χ3v) is 8.05. The summed E-state index contributed by atoms with van der Waals surface area (Å²) in [4.78, 5) is 13.0. The van der Waals surface area contributed by atoms with E-state index in [1.54, 1.807) is 11.8 Å². The number of hydrogen-bond acceptors (Lipinski definition) is 3. The van der Waals surface area contributed by atoms with E-state index in [-0.39, 0.29) is 5.54 Å². The number of benzene rings is 2. The minimum absolute atomic E-state index is 0.177. The zero-order chi connectivity index (χ0) is 23.1. The van der Waals surface area contributed by atoms with Crippen LogP contribution >= 0.6 is 11.8 Å². The molecule has 1 aliphatic carbocycles. The van der Waals surface area contributed by atoms with Crippen LogP contribution in [0, 0.1) is 32.1 Å². The highest BCUT2D eigenvalue weighted by Gasteiger charge is 2.52. The minimum atomic E-state index is -0.177. The van der Waals surface area contributed by atoms with Crippen molar-refractivity contribution in [3.63, 3.8) is 0 Å². The molecule has 4 heteroatoms. The second kappa shape index (κ2) is 8.70. The van der Waals surface area contributed by atoms with Gasteiger partial charge in [-0.3, -0.25) is 0 Å². The van der Waals surface area contributed by atoms with Gasteiger partial charge in [0, 0.05) is 5.69 Å². The number of thioether (sulfide) groups is 1. The fraction of sp³-hybridized carbons (Fsp3) is 0.500. The minimum Gasteiger partial charge on any atom is -0.307 e. The quantitative estimate of drug-likeness (QED) is 0.469. The van der Waals surface area contributed by atoms with Crippen LogP contribution < -0.4 is 4.90 Å². The van der Waals surface area contributed by atoms with Crippen LogP contribution in [-0.2, 0) is 0 Å². The van der Waals surface area contributed by atoms with Crippen molar-refractivity contribution in [2.45, 2.75) is 72.8 Å². The summed E-state index contributed by atoms with van der Waals surface area (Å²) in [6.45, 7) is 13.6. The molecule has 0 bridgehead atoms. The fourth-order valence-corrected chi connectivity index (χ4v) is 5.98. The molecule has 1 saturated carbocycles. The van der Waals surface area contributed by atoms with E-state index in [2.05, 4.69) is 95.2 Å². The Hall–Kier alpha value is -2.07. The van der Waals surface area contributed by atoms with Gasteiger partial charge in [0.2, 0.25) is 0 Å². The number of hydrogen-bond donors (Lipinski definition) is 0. The molecule has 1 aliphatic heterocycles. The first-order valence-corrected chi connectivity index (χ1v) is 13.0. The molecule has 3 nitrogen and oxygen atoms in total. The van der Waals surface area contributed by atoms with E-state index in [1.165, 1.54) is 35.2 Å². The molecule has 0 radical (unpaired) electrons. The first-order valence-electron chi connectivity index (χ1n) is 11.8. The molecule has 1 fully saturated rings. The van der Waals surface area contributed by atoms with Gasteiger partial charge in [0.25, 0.3) is 0 Å². The van der Waals surface area contributed by atoms with Crippen molar-refractivity contribution in [3.8, 4) is 0 Å². The fourth-order valence-electron chi connectivity index (χ4n) is 5.34. The number of rotatable bonds is 2. The summed E-state index contributed by atoms with van der Waals surface area (Å²) in [7, 11) is 0. The van der Waals surface area contributed by atoms with E-state index in [9.17, 15) is 0 Å². The summed E-state index contributed by atoms with van der Waals surface area (Å²) in [6.07, 6.45) is 6.71. The molecule has 170 valence electrons. The molecule has 0 N–H and O–H groups in total. The third-order valence-electron chi connectivity index (χ3n) is 7.41. The molecule has 32 heavy (non-hydrogen) atoms. The molecule has 0 unspecified atom stereocenters. The molecule has 2 aromatic rings. The lowest BCUT2D eigenvalue weighted by Crippen LogP contribution is -2.54. The maximum Gasteiger partial charge on any atom is 0.170 e. The number of aryl methyl sites for hydroxylation is 3. The summed E-state index contributed by atoms with van der Waals surface area (Å²) in [6, 6.07) is 15.3. The number of para-hydroxylation sites is 1. The lowest BCUT2D eigenvalue weighted by atomic mass is 9.66. The van der Waals surface area contributed by atoms with Crippen LogP contribution in [0.3, 0.4) is 0 Å². The third kappa shape index (κ3) is 4.14. The van der Waals surface area contributed by atoms with Crippen molar-refractivity contribution in [1.29, 1.82) is 0 Å². The Labute approximate surface area is 198 Å². The standard InChI is InChI=1S/C28H37N3S/c1-19-11-13-23(14-12-19)31-26(32-7)30-25(29-24-20(2)9-8-10-21(24)3)28(31)17-15-22(16-18-28)27(4,5)6/h8-14,22H,15-18H2,1-7H3. The highest BCUT2D eigenvalue weighted by atomic mass is 32.2. The van der Waals surface area contributed by atoms with Gasteiger partial charge in [0.1, 0.15) is 5.54 Å². The van der Waals surface area contributed by atoms with E-state index >= 15 is 0 Å². The Morgan fingerprint density at radius 2 is 1.56 bits per heavy atom. The Balaban J connectivity index is 1.84. The molecular weight excluding hydrogens is 410 g/mol. The van der Waals surface area contributed by atoms with Crippen LogP contribution in [-0.4, -0.2) is 22.8 Å². The number of aliphatic imine (C=N–C) groups is 2. The first-order chi connectivity index (χ1) is 15.2. The van der Waals surface area contributed by atoms with E-state index in [0.717, 1.165) is 35.5 Å². The van der Waals surface area contributed by atoms with Gasteiger partial charge in [-0.25, -0.2) is 9.98 Å². The Kier molecular flexibility index (Phi) is 6.28. The summed E-state index contributed by atoms with van der Waals surface area (Å²) in [5.74, 6) is 1.72. The van der Waals surface area contributed by atoms with Crippen molar-refractivity contribution >= 4 is 34.1 Å². The SMILES string of the molecule is CSC1=NC(=Nc2c(C)cccc2C)C2(CCC(C(C)(C)C)CC2)N1c1ccc(C)cc1. The summed E-state index contributed by atoms with van der Waals surface area (Å²) in [5.41, 5.74) is 6.17. The Morgan fingerprint density at radius 1 is 0.969 bits per heavy atom. The van der Waals surface area contributed by atoms with Crippen LogP contribution in [0.4, 0.5) is 11.4 Å². The summed E-state index contributed by atoms with van der Waals surface area (Å²) in [5, 5.41) is 1.06. The van der Waals surface area contributed by atoms with Crippen molar-refractivity contribution in [2.75, 3.05) is 11.2 Å². The predicted octanol–water partition coefficient (Wildman–Crippen LogP) is 7.86. The summed E-state index contributed by atoms with van der Waals surface area (Å²) < 4.78 is 0. The molecule has 0 aromatic heterocycles. The van der Waals surface area contributed by atoms with Crippen molar-refractivity contribution in [2.24, 2.45) is 21.3 Å². The smallest absolute Gasteiger partial charge is 0.170 e. The van der Waals surface area contributed by atoms with Crippen LogP contribution in [0.25, 0.3) is 0 Å². The largest absolute Gasteiger partial charge is 0.307 e. The molecule has 1 heterocycles. The van der Waals surface area contributed by atoms with Crippen molar-refractivity contribution in [1.82, 2.24) is 0 Å². The molecule has 4 rings (SSSR count). The van der Waals surface area contributed by atoms with Crippen LogP contribution in [0.1, 0.15) is 63.1 Å². The van der Waals surface area contributed by atoms with Gasteiger partial charge in [0.05, 0.1) is 5.69 Å². The molecule has 2 aromatic carbocycles. The van der Waals surface area contributed by atoms with E-state index in [4.69, 9.17) is 9.98 Å². The average Bonchev–Trinajstić information content (AvgIpc) is 3.04. The van der Waals surface area contributed by atoms with Gasteiger partial charge < -0.3 is 4.90 Å². The second-order valence-corrected chi connectivity index (χ2v) is 11.4. The maximum atomic E-state index is 5.29. The van der Waals surface area contributed by atoms with E-state index in [1.807, 2.05) is 0 Å². The second-order valence-electron chi connectivity index (χ2n) is 10.6. The molecule has 0 saturated heterocycles. The summed E-state index contributed by atoms with van der Waals surface area (Å²) >= 11 is 1.73. The molecule has 0 atom stereocenters. The molecule has 2 aliphatic rings. The van der Waals surface area contributed by atoms with Crippen LogP contribution in [0.2, 0.25) is 0 Å². The lowest BCUT2D eigenvalue weighted by molar-refractivity contribution is 0.158. The number of anilines is 1. The van der Waals surface area contributed by atoms with Gasteiger partial charge >= 0.3 is 0 Å². The normalized spacial score (nSPS) is 25.0. The molecular formula is C28H37N3S. The van der Waals surface area contributed by atoms with E-state index < -0.39 is 0 Å². The predicted molar refractivity (Wildman–Crippen MR) is 142 cm³/mol. The van der Waals surface area contributed by atoms with Crippen LogP contribution in [0.15, 0.2) is 52.4 Å². The lowest BCUT2D eigenvalue weighted by Gasteiger charge is -2.47. The highest BCUT2D eigenvalue weighted by molar-refractivity contribution is 8.13. The Bertz CT molecular complexity index is 1020. The topological polar surface area (TPSA) is 28.0 Å². The monoisotopic (exact) mass is 447 g/mol. The van der Waals surface area contributed by atoms with Gasteiger partial charge in [-0.1, -0.05) is 68.4 Å². The van der Waals surface area contributed by atoms with Gasteiger partial charge in [-0.05, 0) is 87.3 Å². The number of amidine groups is 2. The van der Waals surface area contributed by atoms with Gasteiger partial charge in [-0.15, -0.1) is 0 Å². The zero-order valence-electron chi connectivity index (χ0n) is 20.7. The van der Waals surface area contributed by atoms with Gasteiger partial charge in [0.15, 0.2) is 11.0 Å². The highest BCUT2D eigenvalue weighted by Crippen LogP contribution is 2.49. The zero-order valence-corrected chi connectivity index (χ0v) is 21.5. The van der Waals surface area contributed by atoms with E-state index in [0.29, 0.717) is 5.41 Å². The van der Waals surface area contributed by atoms with Crippen LogP contribution in [0.5, 0.6) is 0 Å². The Morgan fingerprint density at radius 3 is 2.09 bits per heavy atom. The van der Waals surface area contributed by atoms with Crippen molar-refractivity contribution in [3.05, 3.63) is 59.2 Å². The van der Waals surface area contributed by atoms with Gasteiger partial charge in [-0.2, -0.15) is 0 Å². The molecule has 1 spiro atoms. The number of nitrogens with zero attached hydrogens (tertiary/aromatic N) is 3.